The van der Waals surface area contributed by atoms with Gasteiger partial charge in [-0.05, 0) is 86.2 Å². The summed E-state index contributed by atoms with van der Waals surface area (Å²) < 4.78 is 0.828. The molecular formula is C28H25BrN2O3. The Labute approximate surface area is 207 Å². The summed E-state index contributed by atoms with van der Waals surface area (Å²) in [6, 6.07) is 17.0. The number of anilines is 1. The summed E-state index contributed by atoms with van der Waals surface area (Å²) in [6.45, 7) is 7.83. The van der Waals surface area contributed by atoms with Crippen molar-refractivity contribution in [3.63, 3.8) is 0 Å². The van der Waals surface area contributed by atoms with Crippen molar-refractivity contribution in [3.05, 3.63) is 104 Å². The highest BCUT2D eigenvalue weighted by Crippen LogP contribution is 2.28. The second kappa shape index (κ2) is 9.39. The lowest BCUT2D eigenvalue weighted by Gasteiger charge is -2.28. The smallest absolute Gasteiger partial charge is 0.273 e. The minimum atomic E-state index is -0.745. The van der Waals surface area contributed by atoms with Gasteiger partial charge in [-0.1, -0.05) is 63.5 Å². The van der Waals surface area contributed by atoms with Crippen molar-refractivity contribution in [1.29, 1.82) is 0 Å². The summed E-state index contributed by atoms with van der Waals surface area (Å²) >= 11 is 3.50. The summed E-state index contributed by atoms with van der Waals surface area (Å²) in [5.41, 5.74) is 7.26. The third-order valence-electron chi connectivity index (χ3n) is 5.79. The van der Waals surface area contributed by atoms with Crippen LogP contribution in [-0.4, -0.2) is 17.8 Å². The number of imide groups is 2. The van der Waals surface area contributed by atoms with Crippen molar-refractivity contribution >= 4 is 45.5 Å². The molecule has 3 aromatic carbocycles. The molecule has 0 spiro atoms. The molecule has 1 aliphatic heterocycles. The number of nitrogens with zero attached hydrogens (tertiary/aromatic N) is 1. The summed E-state index contributed by atoms with van der Waals surface area (Å²) in [5.74, 6) is -1.34. The van der Waals surface area contributed by atoms with Gasteiger partial charge < -0.3 is 0 Å². The van der Waals surface area contributed by atoms with Crippen LogP contribution in [0.25, 0.3) is 6.08 Å². The maximum atomic E-state index is 13.4. The summed E-state index contributed by atoms with van der Waals surface area (Å²) in [4.78, 5) is 39.8. The number of rotatable bonds is 4. The standard InChI is InChI=1S/C28H25BrN2O3/c1-16-5-6-19(4)25(12-16)31-27(33)24(26(32)30-28(31)34)15-22-14-23(29)8-7-21(22)13-20-10-17(2)9-18(3)11-20/h5-12,14-15H,13H2,1-4H3,(H,30,32,34)/b24-15+. The number of carbonyl (C=O) groups excluding carboxylic acids is 3. The number of halogens is 1. The third-order valence-corrected chi connectivity index (χ3v) is 6.28. The number of carbonyl (C=O) groups is 3. The Balaban J connectivity index is 1.77. The quantitative estimate of drug-likeness (QED) is 0.344. The first-order valence-corrected chi connectivity index (χ1v) is 11.8. The number of amides is 4. The van der Waals surface area contributed by atoms with Crippen molar-refractivity contribution in [1.82, 2.24) is 5.32 Å². The number of nitrogens with one attached hydrogen (secondary N) is 1. The van der Waals surface area contributed by atoms with E-state index in [4.69, 9.17) is 0 Å². The highest BCUT2D eigenvalue weighted by atomic mass is 79.9. The van der Waals surface area contributed by atoms with Gasteiger partial charge in [-0.3, -0.25) is 14.9 Å². The normalized spacial score (nSPS) is 15.1. The Bertz CT molecular complexity index is 1350. The van der Waals surface area contributed by atoms with Gasteiger partial charge in [0.2, 0.25) is 0 Å². The molecule has 0 unspecified atom stereocenters. The van der Waals surface area contributed by atoms with Gasteiger partial charge in [-0.2, -0.15) is 0 Å². The average molecular weight is 517 g/mol. The molecule has 1 heterocycles. The summed E-state index contributed by atoms with van der Waals surface area (Å²) in [6.07, 6.45) is 2.22. The lowest BCUT2D eigenvalue weighted by Crippen LogP contribution is -2.54. The van der Waals surface area contributed by atoms with E-state index in [0.717, 1.165) is 37.2 Å². The largest absolute Gasteiger partial charge is 0.335 e. The van der Waals surface area contributed by atoms with Crippen LogP contribution in [-0.2, 0) is 16.0 Å². The van der Waals surface area contributed by atoms with Gasteiger partial charge in [-0.25, -0.2) is 9.69 Å². The molecule has 34 heavy (non-hydrogen) atoms. The van der Waals surface area contributed by atoms with Crippen molar-refractivity contribution in [2.45, 2.75) is 34.1 Å². The van der Waals surface area contributed by atoms with Gasteiger partial charge in [0.25, 0.3) is 11.8 Å². The number of barbiturate groups is 1. The van der Waals surface area contributed by atoms with Crippen molar-refractivity contribution < 1.29 is 14.4 Å². The van der Waals surface area contributed by atoms with E-state index >= 15 is 0 Å². The van der Waals surface area contributed by atoms with E-state index in [1.807, 2.05) is 44.2 Å². The number of urea groups is 1. The van der Waals surface area contributed by atoms with E-state index in [1.165, 1.54) is 11.1 Å². The summed E-state index contributed by atoms with van der Waals surface area (Å²) in [7, 11) is 0. The minimum absolute atomic E-state index is 0.0831. The SMILES string of the molecule is Cc1cc(C)cc(Cc2ccc(Br)cc2/C=C2\C(=O)NC(=O)N(c3cc(C)ccc3C)C2=O)c1. The molecule has 4 rings (SSSR count). The zero-order valence-corrected chi connectivity index (χ0v) is 21.1. The zero-order valence-electron chi connectivity index (χ0n) is 19.5. The lowest BCUT2D eigenvalue weighted by atomic mass is 9.95. The van der Waals surface area contributed by atoms with Crippen LogP contribution in [0.2, 0.25) is 0 Å². The minimum Gasteiger partial charge on any atom is -0.273 e. The molecule has 1 aliphatic rings. The average Bonchev–Trinajstić information content (AvgIpc) is 2.74. The predicted octanol–water partition coefficient (Wildman–Crippen LogP) is 5.94. The fourth-order valence-electron chi connectivity index (χ4n) is 4.24. The van der Waals surface area contributed by atoms with E-state index in [-0.39, 0.29) is 5.57 Å². The lowest BCUT2D eigenvalue weighted by molar-refractivity contribution is -0.122. The number of aryl methyl sites for hydroxylation is 4. The molecule has 6 heteroatoms. The van der Waals surface area contributed by atoms with Gasteiger partial charge in [0.15, 0.2) is 0 Å². The fourth-order valence-corrected chi connectivity index (χ4v) is 4.62. The topological polar surface area (TPSA) is 66.5 Å². The van der Waals surface area contributed by atoms with Crippen LogP contribution in [0, 0.1) is 27.7 Å². The molecule has 3 aromatic rings. The second-order valence-electron chi connectivity index (χ2n) is 8.76. The van der Waals surface area contributed by atoms with Gasteiger partial charge in [0, 0.05) is 4.47 Å². The van der Waals surface area contributed by atoms with Crippen LogP contribution in [0.5, 0.6) is 0 Å². The molecule has 0 saturated carbocycles. The molecule has 0 aromatic heterocycles. The van der Waals surface area contributed by atoms with E-state index < -0.39 is 17.8 Å². The van der Waals surface area contributed by atoms with Crippen LogP contribution < -0.4 is 10.2 Å². The molecular weight excluding hydrogens is 492 g/mol. The molecule has 4 amide bonds. The molecule has 1 saturated heterocycles. The Morgan fingerprint density at radius 1 is 0.853 bits per heavy atom. The highest BCUT2D eigenvalue weighted by Gasteiger charge is 2.37. The summed E-state index contributed by atoms with van der Waals surface area (Å²) in [5, 5.41) is 2.32. The maximum absolute atomic E-state index is 13.4. The van der Waals surface area contributed by atoms with E-state index in [1.54, 1.807) is 12.1 Å². The monoisotopic (exact) mass is 516 g/mol. The number of benzene rings is 3. The van der Waals surface area contributed by atoms with Crippen LogP contribution in [0.3, 0.4) is 0 Å². The Morgan fingerprint density at radius 2 is 1.56 bits per heavy atom. The number of hydrogen-bond acceptors (Lipinski definition) is 3. The Morgan fingerprint density at radius 3 is 2.26 bits per heavy atom. The fraction of sp³-hybridized carbons (Fsp3) is 0.179. The van der Waals surface area contributed by atoms with Gasteiger partial charge in [0.05, 0.1) is 5.69 Å². The first kappa shape index (κ1) is 23.6. The zero-order chi connectivity index (χ0) is 24.6. The second-order valence-corrected chi connectivity index (χ2v) is 9.68. The number of hydrogen-bond donors (Lipinski definition) is 1. The molecule has 1 N–H and O–H groups in total. The molecule has 0 aliphatic carbocycles. The van der Waals surface area contributed by atoms with Crippen LogP contribution in [0.4, 0.5) is 10.5 Å². The highest BCUT2D eigenvalue weighted by molar-refractivity contribution is 9.10. The van der Waals surface area contributed by atoms with Crippen molar-refractivity contribution in [3.8, 4) is 0 Å². The van der Waals surface area contributed by atoms with Crippen LogP contribution >= 0.6 is 15.9 Å². The third kappa shape index (κ3) is 4.87. The van der Waals surface area contributed by atoms with Gasteiger partial charge >= 0.3 is 6.03 Å². The molecule has 5 nitrogen and oxygen atoms in total. The first-order chi connectivity index (χ1) is 16.1. The Kier molecular flexibility index (Phi) is 6.53. The predicted molar refractivity (Wildman–Crippen MR) is 138 cm³/mol. The van der Waals surface area contributed by atoms with Crippen LogP contribution in [0.1, 0.15) is 38.9 Å². The van der Waals surface area contributed by atoms with E-state index in [0.29, 0.717) is 12.1 Å². The Hall–Kier alpha value is -3.51. The molecule has 1 fully saturated rings. The first-order valence-electron chi connectivity index (χ1n) is 11.0. The maximum Gasteiger partial charge on any atom is 0.335 e. The van der Waals surface area contributed by atoms with E-state index in [2.05, 4.69) is 53.3 Å². The molecule has 172 valence electrons. The van der Waals surface area contributed by atoms with Gasteiger partial charge in [0.1, 0.15) is 5.57 Å². The van der Waals surface area contributed by atoms with Gasteiger partial charge in [-0.15, -0.1) is 0 Å². The molecule has 0 bridgehead atoms. The molecule has 0 radical (unpaired) electrons. The van der Waals surface area contributed by atoms with Crippen LogP contribution in [0.15, 0.2) is 64.6 Å². The van der Waals surface area contributed by atoms with E-state index in [9.17, 15) is 14.4 Å². The van der Waals surface area contributed by atoms with Crippen molar-refractivity contribution in [2.24, 2.45) is 0 Å². The van der Waals surface area contributed by atoms with Crippen molar-refractivity contribution in [2.75, 3.05) is 4.90 Å². The molecule has 0 atom stereocenters.